The first-order chi connectivity index (χ1) is 8.39. The van der Waals surface area contributed by atoms with E-state index < -0.39 is 17.5 Å². The predicted octanol–water partition coefficient (Wildman–Crippen LogP) is 3.25. The van der Waals surface area contributed by atoms with Gasteiger partial charge in [0, 0.05) is 5.92 Å². The average Bonchev–Trinajstić information content (AvgIpc) is 2.75. The molecule has 0 aliphatic carbocycles. The largest absolute Gasteiger partial charge is 0.469 e. The van der Waals surface area contributed by atoms with Gasteiger partial charge in [-0.2, -0.15) is 5.26 Å². The SMILES string of the molecule is CC[C@H](c1ccco1)[C@@H](C#N)C(=O)OC(C)(C)C. The van der Waals surface area contributed by atoms with Crippen LogP contribution in [0.15, 0.2) is 22.8 Å². The quantitative estimate of drug-likeness (QED) is 0.768. The van der Waals surface area contributed by atoms with Crippen molar-refractivity contribution < 1.29 is 13.9 Å². The van der Waals surface area contributed by atoms with Crippen molar-refractivity contribution in [3.8, 4) is 6.07 Å². The number of carbonyl (C=O) groups excluding carboxylic acids is 1. The number of carbonyl (C=O) groups is 1. The third kappa shape index (κ3) is 3.63. The molecule has 0 aliphatic rings. The lowest BCUT2D eigenvalue weighted by Gasteiger charge is -2.24. The lowest BCUT2D eigenvalue weighted by molar-refractivity contribution is -0.158. The molecular weight excluding hydrogens is 230 g/mol. The minimum atomic E-state index is -0.833. The van der Waals surface area contributed by atoms with E-state index in [0.29, 0.717) is 12.2 Å². The Hall–Kier alpha value is -1.76. The van der Waals surface area contributed by atoms with Gasteiger partial charge in [0.2, 0.25) is 0 Å². The van der Waals surface area contributed by atoms with Gasteiger partial charge in [-0.15, -0.1) is 0 Å². The molecule has 0 radical (unpaired) electrons. The Balaban J connectivity index is 2.89. The van der Waals surface area contributed by atoms with E-state index in [-0.39, 0.29) is 5.92 Å². The molecule has 0 saturated heterocycles. The zero-order valence-corrected chi connectivity index (χ0v) is 11.3. The molecule has 0 bridgehead atoms. The van der Waals surface area contributed by atoms with E-state index in [1.807, 2.05) is 13.0 Å². The van der Waals surface area contributed by atoms with Gasteiger partial charge in [0.25, 0.3) is 0 Å². The number of rotatable bonds is 4. The summed E-state index contributed by atoms with van der Waals surface area (Å²) in [6, 6.07) is 5.56. The molecule has 4 nitrogen and oxygen atoms in total. The smallest absolute Gasteiger partial charge is 0.324 e. The van der Waals surface area contributed by atoms with Crippen LogP contribution in [0.4, 0.5) is 0 Å². The highest BCUT2D eigenvalue weighted by Gasteiger charge is 2.33. The molecule has 0 saturated carbocycles. The number of ether oxygens (including phenoxy) is 1. The van der Waals surface area contributed by atoms with Crippen LogP contribution in [0.5, 0.6) is 0 Å². The Bertz CT molecular complexity index is 423. The van der Waals surface area contributed by atoms with Gasteiger partial charge in [-0.25, -0.2) is 0 Å². The molecule has 0 unspecified atom stereocenters. The molecule has 18 heavy (non-hydrogen) atoms. The highest BCUT2D eigenvalue weighted by molar-refractivity contribution is 5.76. The van der Waals surface area contributed by atoms with E-state index in [0.717, 1.165) is 0 Å². The Labute approximate surface area is 108 Å². The van der Waals surface area contributed by atoms with Gasteiger partial charge in [0.1, 0.15) is 11.4 Å². The molecule has 1 aromatic heterocycles. The number of hydrogen-bond acceptors (Lipinski definition) is 4. The van der Waals surface area contributed by atoms with Crippen LogP contribution in [0.2, 0.25) is 0 Å². The van der Waals surface area contributed by atoms with Gasteiger partial charge in [-0.3, -0.25) is 4.79 Å². The minimum Gasteiger partial charge on any atom is -0.469 e. The Morgan fingerprint density at radius 3 is 2.61 bits per heavy atom. The van der Waals surface area contributed by atoms with E-state index in [1.54, 1.807) is 39.2 Å². The summed E-state index contributed by atoms with van der Waals surface area (Å²) in [6.45, 7) is 7.27. The van der Waals surface area contributed by atoms with E-state index in [1.165, 1.54) is 0 Å². The van der Waals surface area contributed by atoms with E-state index in [2.05, 4.69) is 0 Å². The molecule has 0 aromatic carbocycles. The summed E-state index contributed by atoms with van der Waals surface area (Å²) in [5, 5.41) is 9.20. The maximum Gasteiger partial charge on any atom is 0.324 e. The summed E-state index contributed by atoms with van der Waals surface area (Å²) < 4.78 is 10.6. The number of nitrogens with zero attached hydrogens (tertiary/aromatic N) is 1. The maximum absolute atomic E-state index is 12.0. The zero-order chi connectivity index (χ0) is 13.8. The highest BCUT2D eigenvalue weighted by atomic mass is 16.6. The van der Waals surface area contributed by atoms with E-state index >= 15 is 0 Å². The molecule has 2 atom stereocenters. The van der Waals surface area contributed by atoms with E-state index in [9.17, 15) is 10.1 Å². The van der Waals surface area contributed by atoms with Crippen LogP contribution in [0, 0.1) is 17.2 Å². The molecule has 0 spiro atoms. The topological polar surface area (TPSA) is 63.2 Å². The van der Waals surface area contributed by atoms with Crippen molar-refractivity contribution in [2.24, 2.45) is 5.92 Å². The second kappa shape index (κ2) is 5.72. The maximum atomic E-state index is 12.0. The second-order valence-corrected chi connectivity index (χ2v) is 5.17. The van der Waals surface area contributed by atoms with Crippen LogP contribution in [-0.4, -0.2) is 11.6 Å². The molecule has 1 aromatic rings. The van der Waals surface area contributed by atoms with Gasteiger partial charge < -0.3 is 9.15 Å². The molecule has 0 N–H and O–H groups in total. The van der Waals surface area contributed by atoms with Crippen LogP contribution in [0.25, 0.3) is 0 Å². The lowest BCUT2D eigenvalue weighted by Crippen LogP contribution is -2.31. The summed E-state index contributed by atoms with van der Waals surface area (Å²) in [6.07, 6.45) is 2.19. The Morgan fingerprint density at radius 2 is 2.22 bits per heavy atom. The minimum absolute atomic E-state index is 0.264. The summed E-state index contributed by atoms with van der Waals surface area (Å²) in [5.41, 5.74) is -0.590. The monoisotopic (exact) mass is 249 g/mol. The van der Waals surface area contributed by atoms with Gasteiger partial charge in [0.15, 0.2) is 5.92 Å². The fraction of sp³-hybridized carbons (Fsp3) is 0.571. The Morgan fingerprint density at radius 1 is 1.56 bits per heavy atom. The summed E-state index contributed by atoms with van der Waals surface area (Å²) in [4.78, 5) is 12.0. The van der Waals surface area contributed by atoms with Crippen molar-refractivity contribution >= 4 is 5.97 Å². The Kier molecular flexibility index (Phi) is 4.55. The van der Waals surface area contributed by atoms with Crippen LogP contribution < -0.4 is 0 Å². The standard InChI is InChI=1S/C14H19NO3/c1-5-10(12-7-6-8-17-12)11(9-15)13(16)18-14(2,3)4/h6-8,10-11H,5H2,1-4H3/t10-,11+/m0/s1. The first kappa shape index (κ1) is 14.3. The van der Waals surface area contributed by atoms with Crippen LogP contribution in [-0.2, 0) is 9.53 Å². The number of furan rings is 1. The normalized spacial score (nSPS) is 14.6. The summed E-state index contributed by atoms with van der Waals surface area (Å²) in [5.74, 6) is -0.941. The molecule has 98 valence electrons. The fourth-order valence-electron chi connectivity index (χ4n) is 1.78. The molecule has 1 heterocycles. The van der Waals surface area contributed by atoms with Crippen molar-refractivity contribution in [2.75, 3.05) is 0 Å². The van der Waals surface area contributed by atoms with Crippen molar-refractivity contribution in [3.63, 3.8) is 0 Å². The molecule has 0 aliphatic heterocycles. The van der Waals surface area contributed by atoms with Crippen LogP contribution >= 0.6 is 0 Å². The lowest BCUT2D eigenvalue weighted by atomic mass is 9.89. The summed E-state index contributed by atoms with van der Waals surface area (Å²) in [7, 11) is 0. The second-order valence-electron chi connectivity index (χ2n) is 5.17. The van der Waals surface area contributed by atoms with Crippen molar-refractivity contribution in [3.05, 3.63) is 24.2 Å². The molecule has 4 heteroatoms. The predicted molar refractivity (Wildman–Crippen MR) is 66.7 cm³/mol. The molecule has 0 fully saturated rings. The third-order valence-electron chi connectivity index (χ3n) is 2.55. The van der Waals surface area contributed by atoms with Crippen molar-refractivity contribution in [1.82, 2.24) is 0 Å². The van der Waals surface area contributed by atoms with Crippen LogP contribution in [0.3, 0.4) is 0 Å². The first-order valence-electron chi connectivity index (χ1n) is 6.05. The molecule has 1 rings (SSSR count). The molecular formula is C14H19NO3. The number of esters is 1. The van der Waals surface area contributed by atoms with Gasteiger partial charge in [-0.1, -0.05) is 6.92 Å². The van der Waals surface area contributed by atoms with Gasteiger partial charge in [-0.05, 0) is 39.3 Å². The van der Waals surface area contributed by atoms with Gasteiger partial charge in [0.05, 0.1) is 12.3 Å². The van der Waals surface area contributed by atoms with Crippen LogP contribution in [0.1, 0.15) is 45.8 Å². The van der Waals surface area contributed by atoms with E-state index in [4.69, 9.17) is 9.15 Å². The summed E-state index contributed by atoms with van der Waals surface area (Å²) >= 11 is 0. The molecule has 0 amide bonds. The third-order valence-corrected chi connectivity index (χ3v) is 2.55. The van der Waals surface area contributed by atoms with Crippen molar-refractivity contribution in [1.29, 1.82) is 5.26 Å². The highest BCUT2D eigenvalue weighted by Crippen LogP contribution is 2.30. The fourth-order valence-corrected chi connectivity index (χ4v) is 1.78. The first-order valence-corrected chi connectivity index (χ1v) is 6.05. The number of hydrogen-bond donors (Lipinski definition) is 0. The van der Waals surface area contributed by atoms with Gasteiger partial charge >= 0.3 is 5.97 Å². The van der Waals surface area contributed by atoms with Crippen molar-refractivity contribution in [2.45, 2.75) is 45.6 Å². The average molecular weight is 249 g/mol. The zero-order valence-electron chi connectivity index (χ0n) is 11.3. The number of nitriles is 1.